The van der Waals surface area contributed by atoms with Gasteiger partial charge in [-0.05, 0) is 69.3 Å². The van der Waals surface area contributed by atoms with E-state index < -0.39 is 0 Å². The number of rotatable bonds is 8. The van der Waals surface area contributed by atoms with E-state index in [-0.39, 0.29) is 11.7 Å². The van der Waals surface area contributed by atoms with Crippen molar-refractivity contribution in [2.24, 2.45) is 0 Å². The summed E-state index contributed by atoms with van der Waals surface area (Å²) in [6, 6.07) is 16.6. The third kappa shape index (κ3) is 5.64. The van der Waals surface area contributed by atoms with Crippen LogP contribution >= 0.6 is 11.8 Å². The van der Waals surface area contributed by atoms with Crippen molar-refractivity contribution in [3.8, 4) is 34.2 Å². The van der Waals surface area contributed by atoms with E-state index in [1.807, 2.05) is 69.3 Å². The molecule has 7 nitrogen and oxygen atoms in total. The number of oxazole rings is 1. The number of methoxy groups -OCH3 is 1. The maximum atomic E-state index is 12.2. The molecule has 0 saturated carbocycles. The van der Waals surface area contributed by atoms with Crippen molar-refractivity contribution >= 4 is 11.8 Å². The fraction of sp³-hybridized carbons (Fsp3) is 0.240. The van der Waals surface area contributed by atoms with Crippen molar-refractivity contribution in [2.75, 3.05) is 7.11 Å². The number of aryl methyl sites for hydroxylation is 1. The van der Waals surface area contributed by atoms with Crippen LogP contribution in [0.1, 0.15) is 25.3 Å². The molecule has 0 bridgehead atoms. The van der Waals surface area contributed by atoms with Gasteiger partial charge in [-0.1, -0.05) is 11.8 Å². The third-order valence-corrected chi connectivity index (χ3v) is 5.70. The summed E-state index contributed by atoms with van der Waals surface area (Å²) in [7, 11) is 1.61. The van der Waals surface area contributed by atoms with Crippen molar-refractivity contribution in [3.63, 3.8) is 0 Å². The normalized spacial score (nSPS) is 11.1. The Hall–Kier alpha value is -3.52. The minimum absolute atomic E-state index is 0.117. The number of nitrogens with one attached hydrogen (secondary N) is 1. The summed E-state index contributed by atoms with van der Waals surface area (Å²) >= 11 is 1.40. The number of ether oxygens (including phenoxy) is 2. The lowest BCUT2D eigenvalue weighted by atomic mass is 10.1. The number of thioether (sulfide) groups is 1. The van der Waals surface area contributed by atoms with Gasteiger partial charge in [-0.15, -0.1) is 0 Å². The maximum absolute atomic E-state index is 12.2. The van der Waals surface area contributed by atoms with Gasteiger partial charge in [0.25, 0.3) is 5.56 Å². The number of hydrogen-bond donors (Lipinski definition) is 1. The minimum atomic E-state index is -0.209. The first kappa shape index (κ1) is 22.7. The quantitative estimate of drug-likeness (QED) is 0.273. The molecule has 0 radical (unpaired) electrons. The van der Waals surface area contributed by atoms with Crippen LogP contribution in [0, 0.1) is 6.92 Å². The molecule has 0 saturated heterocycles. The van der Waals surface area contributed by atoms with E-state index >= 15 is 0 Å². The SMILES string of the molecule is COc1ccc(-c2cc(=O)[nH]c(SCc3nc(-c4ccc(OC(C)C)cc4)oc3C)n2)cc1. The largest absolute Gasteiger partial charge is 0.497 e. The number of nitrogens with zero attached hydrogens (tertiary/aromatic N) is 2. The fourth-order valence-corrected chi connectivity index (χ4v) is 4.06. The molecule has 4 aromatic rings. The summed E-state index contributed by atoms with van der Waals surface area (Å²) in [5, 5.41) is 0.521. The van der Waals surface area contributed by atoms with Gasteiger partial charge < -0.3 is 18.9 Å². The standard InChI is InChI=1S/C25H25N3O4S/c1-15(2)31-20-11-7-18(8-12-20)24-26-22(16(3)32-24)14-33-25-27-21(13-23(29)28-25)17-5-9-19(30-4)10-6-17/h5-13,15H,14H2,1-4H3,(H,27,28,29). The zero-order valence-electron chi connectivity index (χ0n) is 18.9. The predicted octanol–water partition coefficient (Wildman–Crippen LogP) is 5.49. The zero-order valence-corrected chi connectivity index (χ0v) is 19.7. The van der Waals surface area contributed by atoms with Crippen LogP contribution < -0.4 is 15.0 Å². The molecular formula is C25H25N3O4S. The first-order valence-corrected chi connectivity index (χ1v) is 11.5. The summed E-state index contributed by atoms with van der Waals surface area (Å²) < 4.78 is 16.8. The van der Waals surface area contributed by atoms with Gasteiger partial charge in [0.2, 0.25) is 5.89 Å². The highest BCUT2D eigenvalue weighted by atomic mass is 32.2. The third-order valence-electron chi connectivity index (χ3n) is 4.82. The molecule has 0 amide bonds. The highest BCUT2D eigenvalue weighted by molar-refractivity contribution is 7.98. The molecule has 8 heteroatoms. The van der Waals surface area contributed by atoms with Gasteiger partial charge in [-0.3, -0.25) is 4.79 Å². The molecule has 4 rings (SSSR count). The Balaban J connectivity index is 1.49. The van der Waals surface area contributed by atoms with Crippen LogP contribution in [-0.4, -0.2) is 28.2 Å². The Morgan fingerprint density at radius 1 is 1.00 bits per heavy atom. The van der Waals surface area contributed by atoms with Crippen LogP contribution in [0.5, 0.6) is 11.5 Å². The lowest BCUT2D eigenvalue weighted by molar-refractivity contribution is 0.242. The molecule has 2 heterocycles. The van der Waals surface area contributed by atoms with Gasteiger partial charge in [0.15, 0.2) is 5.16 Å². The van der Waals surface area contributed by atoms with E-state index in [4.69, 9.17) is 13.9 Å². The molecule has 170 valence electrons. The molecule has 33 heavy (non-hydrogen) atoms. The number of hydrogen-bond acceptors (Lipinski definition) is 7. The molecule has 0 aliphatic carbocycles. The first-order chi connectivity index (χ1) is 15.9. The van der Waals surface area contributed by atoms with Gasteiger partial charge in [0.1, 0.15) is 17.3 Å². The fourth-order valence-electron chi connectivity index (χ4n) is 3.18. The highest BCUT2D eigenvalue weighted by Crippen LogP contribution is 2.28. The Morgan fingerprint density at radius 3 is 2.33 bits per heavy atom. The van der Waals surface area contributed by atoms with Crippen molar-refractivity contribution in [1.29, 1.82) is 0 Å². The molecule has 2 aromatic heterocycles. The number of benzene rings is 2. The molecule has 0 fully saturated rings. The number of aromatic nitrogens is 3. The van der Waals surface area contributed by atoms with Crippen LogP contribution in [0.25, 0.3) is 22.7 Å². The molecule has 0 unspecified atom stereocenters. The van der Waals surface area contributed by atoms with E-state index in [1.165, 1.54) is 17.8 Å². The van der Waals surface area contributed by atoms with E-state index in [9.17, 15) is 4.79 Å². The summed E-state index contributed by atoms with van der Waals surface area (Å²) in [4.78, 5) is 24.2. The summed E-state index contributed by atoms with van der Waals surface area (Å²) in [5.74, 6) is 3.34. The van der Waals surface area contributed by atoms with E-state index in [0.29, 0.717) is 22.5 Å². The second-order valence-electron chi connectivity index (χ2n) is 7.67. The van der Waals surface area contributed by atoms with Gasteiger partial charge in [0.05, 0.1) is 24.6 Å². The summed E-state index contributed by atoms with van der Waals surface area (Å²) in [6.45, 7) is 5.86. The molecule has 0 spiro atoms. The van der Waals surface area contributed by atoms with E-state index in [0.717, 1.165) is 34.1 Å². The maximum Gasteiger partial charge on any atom is 0.252 e. The Labute approximate surface area is 196 Å². The molecule has 0 aliphatic rings. The van der Waals surface area contributed by atoms with Gasteiger partial charge in [-0.25, -0.2) is 9.97 Å². The van der Waals surface area contributed by atoms with E-state index in [1.54, 1.807) is 7.11 Å². The van der Waals surface area contributed by atoms with Crippen molar-refractivity contribution in [3.05, 3.63) is 76.4 Å². The van der Waals surface area contributed by atoms with Gasteiger partial charge >= 0.3 is 0 Å². The average molecular weight is 464 g/mol. The second kappa shape index (κ2) is 9.95. The van der Waals surface area contributed by atoms with Gasteiger partial charge in [0, 0.05) is 22.9 Å². The minimum Gasteiger partial charge on any atom is -0.497 e. The smallest absolute Gasteiger partial charge is 0.252 e. The number of H-pyrrole nitrogens is 1. The van der Waals surface area contributed by atoms with Gasteiger partial charge in [-0.2, -0.15) is 0 Å². The predicted molar refractivity (Wildman–Crippen MR) is 129 cm³/mol. The van der Waals surface area contributed by atoms with Crippen LogP contribution in [-0.2, 0) is 5.75 Å². The van der Waals surface area contributed by atoms with Crippen LogP contribution in [0.4, 0.5) is 0 Å². The van der Waals surface area contributed by atoms with Crippen molar-refractivity contribution in [2.45, 2.75) is 37.8 Å². The second-order valence-corrected chi connectivity index (χ2v) is 8.63. The lowest BCUT2D eigenvalue weighted by Gasteiger charge is -2.09. The average Bonchev–Trinajstić information content (AvgIpc) is 3.18. The summed E-state index contributed by atoms with van der Waals surface area (Å²) in [5.41, 5.74) is 2.91. The zero-order chi connectivity index (χ0) is 23.4. The van der Waals surface area contributed by atoms with E-state index in [2.05, 4.69) is 15.0 Å². The monoisotopic (exact) mass is 463 g/mol. The number of aromatic amines is 1. The van der Waals surface area contributed by atoms with Crippen molar-refractivity contribution in [1.82, 2.24) is 15.0 Å². The molecule has 2 aromatic carbocycles. The van der Waals surface area contributed by atoms with Crippen LogP contribution in [0.3, 0.4) is 0 Å². The molecule has 1 N–H and O–H groups in total. The first-order valence-electron chi connectivity index (χ1n) is 10.5. The lowest BCUT2D eigenvalue weighted by Crippen LogP contribution is -2.08. The Kier molecular flexibility index (Phi) is 6.84. The Morgan fingerprint density at radius 2 is 1.67 bits per heavy atom. The topological polar surface area (TPSA) is 90.2 Å². The molecular weight excluding hydrogens is 438 g/mol. The summed E-state index contributed by atoms with van der Waals surface area (Å²) in [6.07, 6.45) is 0.117. The van der Waals surface area contributed by atoms with Crippen molar-refractivity contribution < 1.29 is 13.9 Å². The Bertz CT molecular complexity index is 1280. The molecule has 0 aliphatic heterocycles. The molecule has 0 atom stereocenters. The highest BCUT2D eigenvalue weighted by Gasteiger charge is 2.13. The van der Waals surface area contributed by atoms with Crippen LogP contribution in [0.15, 0.2) is 69.0 Å². The van der Waals surface area contributed by atoms with Crippen LogP contribution in [0.2, 0.25) is 0 Å².